The Labute approximate surface area is 87.9 Å². The van der Waals surface area contributed by atoms with Gasteiger partial charge in [-0.15, -0.1) is 5.10 Å². The Morgan fingerprint density at radius 2 is 2.00 bits per heavy atom. The van der Waals surface area contributed by atoms with Crippen LogP contribution in [0.2, 0.25) is 0 Å². The van der Waals surface area contributed by atoms with Crippen LogP contribution < -0.4 is 5.73 Å². The van der Waals surface area contributed by atoms with Crippen LogP contribution in [0.15, 0.2) is 24.3 Å². The molecule has 1 heterocycles. The fourth-order valence-corrected chi connectivity index (χ4v) is 1.41. The average Bonchev–Trinajstić information content (AvgIpc) is 2.68. The van der Waals surface area contributed by atoms with Crippen LogP contribution in [0, 0.1) is 0 Å². The van der Waals surface area contributed by atoms with Crippen molar-refractivity contribution in [3.05, 3.63) is 24.3 Å². The summed E-state index contributed by atoms with van der Waals surface area (Å²) in [5.41, 5.74) is 7.35. The molecule has 5 heteroatoms. The molecule has 0 unspecified atom stereocenters. The van der Waals surface area contributed by atoms with Gasteiger partial charge in [0.1, 0.15) is 0 Å². The van der Waals surface area contributed by atoms with Crippen LogP contribution in [0.4, 0.5) is 5.69 Å². The fourth-order valence-electron chi connectivity index (χ4n) is 1.41. The second-order valence-corrected chi connectivity index (χ2v) is 3.35. The van der Waals surface area contributed by atoms with Gasteiger partial charge >= 0.3 is 0 Å². The molecule has 0 aliphatic carbocycles. The Kier molecular flexibility index (Phi) is 2.62. The van der Waals surface area contributed by atoms with Gasteiger partial charge in [-0.1, -0.05) is 6.92 Å². The molecule has 2 rings (SSSR count). The summed E-state index contributed by atoms with van der Waals surface area (Å²) >= 11 is 0. The van der Waals surface area contributed by atoms with E-state index < -0.39 is 0 Å². The lowest BCUT2D eigenvalue weighted by atomic mass is 10.2. The lowest BCUT2D eigenvalue weighted by Crippen LogP contribution is -2.01. The molecule has 0 aliphatic heterocycles. The smallest absolute Gasteiger partial charge is 0.182 e. The average molecular weight is 203 g/mol. The first-order valence-electron chi connectivity index (χ1n) is 4.93. The Morgan fingerprint density at radius 1 is 1.27 bits per heavy atom. The van der Waals surface area contributed by atoms with Gasteiger partial charge in [0, 0.05) is 17.8 Å². The minimum Gasteiger partial charge on any atom is -0.399 e. The van der Waals surface area contributed by atoms with Gasteiger partial charge in [0.2, 0.25) is 0 Å². The largest absolute Gasteiger partial charge is 0.399 e. The molecule has 78 valence electrons. The summed E-state index contributed by atoms with van der Waals surface area (Å²) in [6, 6.07) is 7.54. The lowest BCUT2D eigenvalue weighted by molar-refractivity contribution is 0.583. The number of nitrogens with two attached hydrogens (primary N) is 1. The van der Waals surface area contributed by atoms with E-state index in [1.54, 1.807) is 4.68 Å². The van der Waals surface area contributed by atoms with Gasteiger partial charge < -0.3 is 5.73 Å². The zero-order chi connectivity index (χ0) is 10.7. The first kappa shape index (κ1) is 9.64. The highest BCUT2D eigenvalue weighted by Crippen LogP contribution is 2.17. The predicted octanol–water partition coefficient (Wildman–Crippen LogP) is 1.33. The van der Waals surface area contributed by atoms with Gasteiger partial charge in [-0.25, -0.2) is 4.68 Å². The van der Waals surface area contributed by atoms with E-state index in [-0.39, 0.29) is 0 Å². The van der Waals surface area contributed by atoms with E-state index in [0.29, 0.717) is 0 Å². The molecular formula is C10H13N5. The summed E-state index contributed by atoms with van der Waals surface area (Å²) in [6.07, 6.45) is 1.01. The molecule has 0 bridgehead atoms. The second-order valence-electron chi connectivity index (χ2n) is 3.35. The summed E-state index contributed by atoms with van der Waals surface area (Å²) in [5.74, 6) is 0.789. The minimum atomic E-state index is 0.744. The Hall–Kier alpha value is -1.91. The molecule has 0 spiro atoms. The molecule has 5 nitrogen and oxygen atoms in total. The minimum absolute atomic E-state index is 0.744. The van der Waals surface area contributed by atoms with Crippen molar-refractivity contribution in [1.82, 2.24) is 20.2 Å². The quantitative estimate of drug-likeness (QED) is 0.764. The van der Waals surface area contributed by atoms with E-state index in [2.05, 4.69) is 22.4 Å². The maximum absolute atomic E-state index is 5.62. The molecule has 0 atom stereocenters. The molecule has 0 saturated heterocycles. The van der Waals surface area contributed by atoms with Crippen LogP contribution >= 0.6 is 0 Å². The maximum Gasteiger partial charge on any atom is 0.182 e. The number of rotatable bonds is 3. The van der Waals surface area contributed by atoms with E-state index >= 15 is 0 Å². The topological polar surface area (TPSA) is 69.6 Å². The third kappa shape index (κ3) is 1.96. The molecule has 1 aromatic heterocycles. The van der Waals surface area contributed by atoms with Crippen molar-refractivity contribution in [3.63, 3.8) is 0 Å². The van der Waals surface area contributed by atoms with Gasteiger partial charge in [-0.05, 0) is 41.1 Å². The highest BCUT2D eigenvalue weighted by molar-refractivity contribution is 5.58. The van der Waals surface area contributed by atoms with Gasteiger partial charge in [-0.2, -0.15) is 0 Å². The van der Waals surface area contributed by atoms with Crippen LogP contribution in [0.1, 0.15) is 13.3 Å². The summed E-state index contributed by atoms with van der Waals surface area (Å²) in [7, 11) is 0. The fraction of sp³-hybridized carbons (Fsp3) is 0.300. The van der Waals surface area contributed by atoms with E-state index in [4.69, 9.17) is 5.73 Å². The van der Waals surface area contributed by atoms with Crippen molar-refractivity contribution in [2.45, 2.75) is 19.9 Å². The molecule has 0 radical (unpaired) electrons. The van der Waals surface area contributed by atoms with Crippen molar-refractivity contribution >= 4 is 5.69 Å². The van der Waals surface area contributed by atoms with Crippen LogP contribution in [-0.2, 0) is 6.54 Å². The van der Waals surface area contributed by atoms with E-state index in [9.17, 15) is 0 Å². The SMILES string of the molecule is CCCn1nnnc1-c1ccc(N)cc1. The van der Waals surface area contributed by atoms with Crippen LogP contribution in [-0.4, -0.2) is 20.2 Å². The van der Waals surface area contributed by atoms with Crippen molar-refractivity contribution in [2.24, 2.45) is 0 Å². The third-order valence-corrected chi connectivity index (χ3v) is 2.14. The number of aryl methyl sites for hydroxylation is 1. The van der Waals surface area contributed by atoms with Crippen molar-refractivity contribution in [1.29, 1.82) is 0 Å². The van der Waals surface area contributed by atoms with Gasteiger partial charge in [-0.3, -0.25) is 0 Å². The summed E-state index contributed by atoms with van der Waals surface area (Å²) in [5, 5.41) is 11.6. The molecule has 2 aromatic rings. The third-order valence-electron chi connectivity index (χ3n) is 2.14. The molecule has 0 amide bonds. The number of aromatic nitrogens is 4. The second kappa shape index (κ2) is 4.08. The Morgan fingerprint density at radius 3 is 2.67 bits per heavy atom. The van der Waals surface area contributed by atoms with Crippen LogP contribution in [0.5, 0.6) is 0 Å². The molecule has 15 heavy (non-hydrogen) atoms. The van der Waals surface area contributed by atoms with E-state index in [0.717, 1.165) is 30.0 Å². The summed E-state index contributed by atoms with van der Waals surface area (Å²) in [6.45, 7) is 2.92. The molecule has 0 saturated carbocycles. The lowest BCUT2D eigenvalue weighted by Gasteiger charge is -2.02. The standard InChI is InChI=1S/C10H13N5/c1-2-7-15-10(12-13-14-15)8-3-5-9(11)6-4-8/h3-6H,2,7,11H2,1H3. The molecule has 0 aliphatic rings. The van der Waals surface area contributed by atoms with Crippen molar-refractivity contribution < 1.29 is 0 Å². The van der Waals surface area contributed by atoms with E-state index in [1.807, 2.05) is 24.3 Å². The van der Waals surface area contributed by atoms with Crippen molar-refractivity contribution in [2.75, 3.05) is 5.73 Å². The first-order valence-corrected chi connectivity index (χ1v) is 4.93. The number of tetrazole rings is 1. The first-order chi connectivity index (χ1) is 7.31. The highest BCUT2D eigenvalue weighted by Gasteiger charge is 2.06. The molecule has 1 aromatic carbocycles. The molecular weight excluding hydrogens is 190 g/mol. The number of nitrogen functional groups attached to an aromatic ring is 1. The summed E-state index contributed by atoms with van der Waals surface area (Å²) in [4.78, 5) is 0. The van der Waals surface area contributed by atoms with Gasteiger partial charge in [0.15, 0.2) is 5.82 Å². The monoisotopic (exact) mass is 203 g/mol. The number of nitrogens with zero attached hydrogens (tertiary/aromatic N) is 4. The molecule has 2 N–H and O–H groups in total. The number of benzene rings is 1. The maximum atomic E-state index is 5.62. The number of hydrogen-bond acceptors (Lipinski definition) is 4. The van der Waals surface area contributed by atoms with Crippen LogP contribution in [0.3, 0.4) is 0 Å². The summed E-state index contributed by atoms with van der Waals surface area (Å²) < 4.78 is 1.80. The Bertz CT molecular complexity index is 431. The number of hydrogen-bond donors (Lipinski definition) is 1. The normalized spacial score (nSPS) is 10.5. The zero-order valence-electron chi connectivity index (χ0n) is 8.59. The van der Waals surface area contributed by atoms with Crippen LogP contribution in [0.25, 0.3) is 11.4 Å². The van der Waals surface area contributed by atoms with Gasteiger partial charge in [0.25, 0.3) is 0 Å². The Balaban J connectivity index is 2.36. The predicted molar refractivity (Wildman–Crippen MR) is 58.0 cm³/mol. The van der Waals surface area contributed by atoms with Gasteiger partial charge in [0.05, 0.1) is 0 Å². The molecule has 0 fully saturated rings. The highest BCUT2D eigenvalue weighted by atomic mass is 15.5. The zero-order valence-corrected chi connectivity index (χ0v) is 8.59. The van der Waals surface area contributed by atoms with E-state index in [1.165, 1.54) is 0 Å². The van der Waals surface area contributed by atoms with Crippen molar-refractivity contribution in [3.8, 4) is 11.4 Å². The number of anilines is 1.